The van der Waals surface area contributed by atoms with Crippen LogP contribution in [0.4, 0.5) is 0 Å². The third-order valence-corrected chi connectivity index (χ3v) is 5.37. The molecule has 0 radical (unpaired) electrons. The monoisotopic (exact) mass is 392 g/mol. The highest BCUT2D eigenvalue weighted by Gasteiger charge is 2.18. The molecule has 3 aromatic rings. The van der Waals surface area contributed by atoms with Crippen molar-refractivity contribution < 1.29 is 9.59 Å². The van der Waals surface area contributed by atoms with Gasteiger partial charge in [0, 0.05) is 10.4 Å². The Morgan fingerprint density at radius 1 is 0.964 bits per heavy atom. The maximum atomic E-state index is 12.5. The molecule has 144 valence electrons. The molecule has 2 N–H and O–H groups in total. The van der Waals surface area contributed by atoms with Gasteiger partial charge in [-0.2, -0.15) is 0 Å². The molecule has 1 atom stereocenters. The van der Waals surface area contributed by atoms with Gasteiger partial charge in [0.1, 0.15) is 0 Å². The van der Waals surface area contributed by atoms with Crippen LogP contribution < -0.4 is 10.6 Å². The molecule has 0 aliphatic carbocycles. The number of hydrogen-bond donors (Lipinski definition) is 2. The zero-order valence-electron chi connectivity index (χ0n) is 15.9. The summed E-state index contributed by atoms with van der Waals surface area (Å²) in [5.74, 6) is -0.479. The van der Waals surface area contributed by atoms with E-state index in [1.165, 1.54) is 5.56 Å². The van der Waals surface area contributed by atoms with Crippen molar-refractivity contribution in [3.8, 4) is 0 Å². The Labute approximate surface area is 169 Å². The second kappa shape index (κ2) is 9.85. The maximum Gasteiger partial charge on any atom is 0.251 e. The summed E-state index contributed by atoms with van der Waals surface area (Å²) in [7, 11) is 0. The lowest BCUT2D eigenvalue weighted by Gasteiger charge is -2.19. The molecule has 0 saturated carbocycles. The number of carbonyl (C=O) groups excluding carboxylic acids is 2. The largest absolute Gasteiger partial charge is 0.343 e. The number of amides is 2. The van der Waals surface area contributed by atoms with Crippen molar-refractivity contribution >= 4 is 23.2 Å². The van der Waals surface area contributed by atoms with E-state index < -0.39 is 0 Å². The number of rotatable bonds is 8. The van der Waals surface area contributed by atoms with Gasteiger partial charge in [-0.25, -0.2) is 0 Å². The van der Waals surface area contributed by atoms with E-state index in [9.17, 15) is 9.59 Å². The summed E-state index contributed by atoms with van der Waals surface area (Å²) >= 11 is 1.60. The third kappa shape index (κ3) is 5.30. The molecule has 1 unspecified atom stereocenters. The molecule has 4 nitrogen and oxygen atoms in total. The van der Waals surface area contributed by atoms with Crippen LogP contribution in [-0.2, 0) is 11.2 Å². The molecule has 0 fully saturated rings. The molecule has 0 aliphatic heterocycles. The molecule has 0 aliphatic rings. The van der Waals surface area contributed by atoms with Crippen molar-refractivity contribution in [2.24, 2.45) is 0 Å². The topological polar surface area (TPSA) is 58.2 Å². The van der Waals surface area contributed by atoms with Crippen molar-refractivity contribution in [3.63, 3.8) is 0 Å². The highest BCUT2D eigenvalue weighted by atomic mass is 32.1. The Balaban J connectivity index is 1.66. The molecule has 0 bridgehead atoms. The lowest BCUT2D eigenvalue weighted by atomic mass is 10.0. The Morgan fingerprint density at radius 2 is 1.71 bits per heavy atom. The summed E-state index contributed by atoms with van der Waals surface area (Å²) in [5, 5.41) is 7.73. The van der Waals surface area contributed by atoms with E-state index in [-0.39, 0.29) is 24.4 Å². The lowest BCUT2D eigenvalue weighted by molar-refractivity contribution is -0.120. The molecule has 0 spiro atoms. The molecule has 1 aromatic heterocycles. The maximum absolute atomic E-state index is 12.5. The van der Waals surface area contributed by atoms with Crippen molar-refractivity contribution in [2.75, 3.05) is 6.54 Å². The quantitative estimate of drug-likeness (QED) is 0.599. The van der Waals surface area contributed by atoms with Gasteiger partial charge in [0.15, 0.2) is 0 Å². The number of carbonyl (C=O) groups is 2. The van der Waals surface area contributed by atoms with Crippen LogP contribution in [0.25, 0.3) is 0 Å². The second-order valence-electron chi connectivity index (χ2n) is 6.56. The number of thiophene rings is 1. The predicted molar refractivity (Wildman–Crippen MR) is 114 cm³/mol. The zero-order valence-corrected chi connectivity index (χ0v) is 16.7. The predicted octanol–water partition coefficient (Wildman–Crippen LogP) is 4.34. The molecular formula is C23H24N2O2S. The summed E-state index contributed by atoms with van der Waals surface area (Å²) in [6, 6.07) is 21.0. The van der Waals surface area contributed by atoms with Gasteiger partial charge < -0.3 is 10.6 Å². The minimum atomic E-state index is -0.257. The number of nitrogens with one attached hydrogen (secondary N) is 2. The van der Waals surface area contributed by atoms with Crippen LogP contribution in [0.3, 0.4) is 0 Å². The first kappa shape index (κ1) is 19.8. The third-order valence-electron chi connectivity index (χ3n) is 4.43. The fourth-order valence-electron chi connectivity index (χ4n) is 3.00. The van der Waals surface area contributed by atoms with E-state index in [2.05, 4.69) is 41.8 Å². The Bertz CT molecular complexity index is 890. The first-order valence-electron chi connectivity index (χ1n) is 9.42. The van der Waals surface area contributed by atoms with E-state index in [0.717, 1.165) is 23.3 Å². The summed E-state index contributed by atoms with van der Waals surface area (Å²) in [5.41, 5.74) is 2.86. The Kier molecular flexibility index (Phi) is 6.98. The first-order valence-corrected chi connectivity index (χ1v) is 10.3. The summed E-state index contributed by atoms with van der Waals surface area (Å²) < 4.78 is 0. The van der Waals surface area contributed by atoms with Crippen LogP contribution in [0.5, 0.6) is 0 Å². The van der Waals surface area contributed by atoms with Gasteiger partial charge in [0.2, 0.25) is 5.91 Å². The molecule has 2 amide bonds. The van der Waals surface area contributed by atoms with Crippen LogP contribution in [0.15, 0.2) is 72.1 Å². The number of benzene rings is 2. The van der Waals surface area contributed by atoms with Gasteiger partial charge >= 0.3 is 0 Å². The molecular weight excluding hydrogens is 368 g/mol. The molecule has 5 heteroatoms. The molecule has 3 rings (SSSR count). The fourth-order valence-corrected chi connectivity index (χ4v) is 3.81. The summed E-state index contributed by atoms with van der Waals surface area (Å²) in [4.78, 5) is 25.7. The number of hydrogen-bond acceptors (Lipinski definition) is 3. The van der Waals surface area contributed by atoms with Crippen LogP contribution in [-0.4, -0.2) is 18.4 Å². The van der Waals surface area contributed by atoms with E-state index in [4.69, 9.17) is 0 Å². The molecule has 28 heavy (non-hydrogen) atoms. The fraction of sp³-hybridized carbons (Fsp3) is 0.217. The van der Waals surface area contributed by atoms with E-state index in [1.807, 2.05) is 23.6 Å². The molecule has 1 heterocycles. The SMILES string of the molecule is CCCc1ccc(C(NC(=O)CNC(=O)c2ccccc2)c2cccs2)cc1. The van der Waals surface area contributed by atoms with Crippen LogP contribution in [0.2, 0.25) is 0 Å². The lowest BCUT2D eigenvalue weighted by Crippen LogP contribution is -2.38. The molecule has 0 saturated heterocycles. The Hall–Kier alpha value is -2.92. The van der Waals surface area contributed by atoms with Gasteiger partial charge in [-0.3, -0.25) is 9.59 Å². The Morgan fingerprint density at radius 3 is 2.36 bits per heavy atom. The molecule has 2 aromatic carbocycles. The highest BCUT2D eigenvalue weighted by molar-refractivity contribution is 7.10. The highest BCUT2D eigenvalue weighted by Crippen LogP contribution is 2.26. The van der Waals surface area contributed by atoms with Gasteiger partial charge in [0.05, 0.1) is 12.6 Å². The van der Waals surface area contributed by atoms with E-state index >= 15 is 0 Å². The minimum Gasteiger partial charge on any atom is -0.343 e. The minimum absolute atomic E-state index is 0.0660. The van der Waals surface area contributed by atoms with Crippen LogP contribution in [0.1, 0.15) is 45.7 Å². The van der Waals surface area contributed by atoms with Crippen molar-refractivity contribution in [1.29, 1.82) is 0 Å². The normalized spacial score (nSPS) is 11.6. The second-order valence-corrected chi connectivity index (χ2v) is 7.54. The van der Waals surface area contributed by atoms with Gasteiger partial charge in [-0.1, -0.05) is 61.9 Å². The average Bonchev–Trinajstić information content (AvgIpc) is 3.26. The smallest absolute Gasteiger partial charge is 0.251 e. The van der Waals surface area contributed by atoms with Gasteiger partial charge in [-0.05, 0) is 41.1 Å². The summed E-state index contributed by atoms with van der Waals surface area (Å²) in [6.45, 7) is 2.09. The standard InChI is InChI=1S/C23H24N2O2S/c1-2-7-17-11-13-18(14-12-17)22(20-10-6-15-28-20)25-21(26)16-24-23(27)19-8-4-3-5-9-19/h3-6,8-15,22H,2,7,16H2,1H3,(H,24,27)(H,25,26). The van der Waals surface area contributed by atoms with E-state index in [0.29, 0.717) is 5.56 Å². The van der Waals surface area contributed by atoms with Gasteiger partial charge in [-0.15, -0.1) is 11.3 Å². The van der Waals surface area contributed by atoms with Crippen molar-refractivity contribution in [2.45, 2.75) is 25.8 Å². The average molecular weight is 393 g/mol. The van der Waals surface area contributed by atoms with Crippen molar-refractivity contribution in [3.05, 3.63) is 93.7 Å². The van der Waals surface area contributed by atoms with Crippen LogP contribution >= 0.6 is 11.3 Å². The first-order chi connectivity index (χ1) is 13.7. The number of aryl methyl sites for hydroxylation is 1. The summed E-state index contributed by atoms with van der Waals surface area (Å²) in [6.07, 6.45) is 2.15. The van der Waals surface area contributed by atoms with Crippen LogP contribution in [0, 0.1) is 0 Å². The zero-order chi connectivity index (χ0) is 19.8. The van der Waals surface area contributed by atoms with Gasteiger partial charge in [0.25, 0.3) is 5.91 Å². The van der Waals surface area contributed by atoms with E-state index in [1.54, 1.807) is 35.6 Å². The van der Waals surface area contributed by atoms with Crippen molar-refractivity contribution in [1.82, 2.24) is 10.6 Å².